The Bertz CT molecular complexity index is 177. The average molecular weight is 183 g/mol. The number of carbonyl (C=O) groups is 1. The van der Waals surface area contributed by atoms with E-state index in [1.54, 1.807) is 0 Å². The summed E-state index contributed by atoms with van der Waals surface area (Å²) in [6.45, 7) is 8.37. The Balaban J connectivity index is 2.50. The number of rotatable bonds is 3. The van der Waals surface area contributed by atoms with Crippen LogP contribution in [0.1, 0.15) is 40.0 Å². The van der Waals surface area contributed by atoms with Gasteiger partial charge in [-0.1, -0.05) is 20.8 Å². The molecule has 0 N–H and O–H groups in total. The summed E-state index contributed by atoms with van der Waals surface area (Å²) in [5, 5.41) is 0. The van der Waals surface area contributed by atoms with E-state index >= 15 is 0 Å². The molecule has 1 rings (SSSR count). The molecular formula is C11H21NO. The van der Waals surface area contributed by atoms with Gasteiger partial charge in [0.1, 0.15) is 0 Å². The highest BCUT2D eigenvalue weighted by atomic mass is 16.2. The molecule has 0 aromatic carbocycles. The third kappa shape index (κ3) is 2.71. The van der Waals surface area contributed by atoms with E-state index in [0.29, 0.717) is 17.7 Å². The molecule has 1 heterocycles. The first kappa shape index (κ1) is 10.6. The van der Waals surface area contributed by atoms with Crippen LogP contribution in [-0.2, 0) is 4.79 Å². The molecule has 1 unspecified atom stereocenters. The van der Waals surface area contributed by atoms with E-state index in [4.69, 9.17) is 0 Å². The summed E-state index contributed by atoms with van der Waals surface area (Å²) >= 11 is 0. The number of hydrogen-bond acceptors (Lipinski definition) is 1. The van der Waals surface area contributed by atoms with Crippen LogP contribution in [-0.4, -0.2) is 23.9 Å². The zero-order valence-corrected chi connectivity index (χ0v) is 9.05. The van der Waals surface area contributed by atoms with Gasteiger partial charge in [0.2, 0.25) is 5.91 Å². The van der Waals surface area contributed by atoms with E-state index in [0.717, 1.165) is 25.9 Å². The highest BCUT2D eigenvalue weighted by Gasteiger charge is 2.27. The van der Waals surface area contributed by atoms with Crippen molar-refractivity contribution in [3.63, 3.8) is 0 Å². The van der Waals surface area contributed by atoms with Crippen LogP contribution in [0.3, 0.4) is 0 Å². The van der Waals surface area contributed by atoms with Gasteiger partial charge in [0, 0.05) is 19.0 Å². The molecule has 0 aromatic rings. The summed E-state index contributed by atoms with van der Waals surface area (Å²) in [5.74, 6) is 1.30. The van der Waals surface area contributed by atoms with Crippen molar-refractivity contribution in [1.82, 2.24) is 4.90 Å². The van der Waals surface area contributed by atoms with Crippen molar-refractivity contribution in [3.05, 3.63) is 0 Å². The van der Waals surface area contributed by atoms with Gasteiger partial charge < -0.3 is 4.90 Å². The minimum absolute atomic E-state index is 0.312. The van der Waals surface area contributed by atoms with Gasteiger partial charge in [-0.15, -0.1) is 0 Å². The van der Waals surface area contributed by atoms with Crippen LogP contribution in [0.5, 0.6) is 0 Å². The van der Waals surface area contributed by atoms with E-state index in [1.807, 2.05) is 4.90 Å². The number of likely N-dealkylation sites (tertiary alicyclic amines) is 1. The van der Waals surface area contributed by atoms with Crippen molar-refractivity contribution in [2.24, 2.45) is 11.8 Å². The topological polar surface area (TPSA) is 20.3 Å². The maximum Gasteiger partial charge on any atom is 0.225 e. The Kier molecular flexibility index (Phi) is 3.76. The largest absolute Gasteiger partial charge is 0.342 e. The Morgan fingerprint density at radius 3 is 2.77 bits per heavy atom. The fraction of sp³-hybridized carbons (Fsp3) is 0.909. The quantitative estimate of drug-likeness (QED) is 0.657. The second-order valence-electron chi connectivity index (χ2n) is 4.43. The second-order valence-corrected chi connectivity index (χ2v) is 4.43. The van der Waals surface area contributed by atoms with Crippen molar-refractivity contribution < 1.29 is 4.79 Å². The van der Waals surface area contributed by atoms with Crippen molar-refractivity contribution in [2.45, 2.75) is 40.0 Å². The Labute approximate surface area is 81.3 Å². The second kappa shape index (κ2) is 4.64. The molecule has 1 fully saturated rings. The maximum absolute atomic E-state index is 11.8. The molecule has 0 spiro atoms. The molecule has 2 heteroatoms. The van der Waals surface area contributed by atoms with E-state index in [-0.39, 0.29) is 0 Å². The molecule has 13 heavy (non-hydrogen) atoms. The molecule has 0 aliphatic carbocycles. The van der Waals surface area contributed by atoms with Crippen LogP contribution < -0.4 is 0 Å². The lowest BCUT2D eigenvalue weighted by Crippen LogP contribution is -2.42. The van der Waals surface area contributed by atoms with E-state index in [1.165, 1.54) is 6.42 Å². The highest BCUT2D eigenvalue weighted by molar-refractivity contribution is 5.79. The lowest BCUT2D eigenvalue weighted by Gasteiger charge is -2.33. The fourth-order valence-corrected chi connectivity index (χ4v) is 2.02. The third-order valence-electron chi connectivity index (χ3n) is 2.72. The molecule has 1 saturated heterocycles. The van der Waals surface area contributed by atoms with Crippen LogP contribution in [0.4, 0.5) is 0 Å². The van der Waals surface area contributed by atoms with E-state index in [2.05, 4.69) is 20.8 Å². The zero-order valence-electron chi connectivity index (χ0n) is 9.05. The summed E-state index contributed by atoms with van der Waals surface area (Å²) in [6, 6.07) is 0. The third-order valence-corrected chi connectivity index (χ3v) is 2.72. The molecule has 0 saturated carbocycles. The molecule has 0 radical (unpaired) electrons. The van der Waals surface area contributed by atoms with Crippen LogP contribution >= 0.6 is 0 Å². The van der Waals surface area contributed by atoms with E-state index < -0.39 is 0 Å². The van der Waals surface area contributed by atoms with Gasteiger partial charge in [-0.25, -0.2) is 0 Å². The number of piperidine rings is 1. The Morgan fingerprint density at radius 2 is 2.23 bits per heavy atom. The minimum Gasteiger partial charge on any atom is -0.342 e. The van der Waals surface area contributed by atoms with Crippen LogP contribution in [0.2, 0.25) is 0 Å². The van der Waals surface area contributed by atoms with Crippen LogP contribution in [0.25, 0.3) is 0 Å². The van der Waals surface area contributed by atoms with Gasteiger partial charge in [-0.05, 0) is 25.2 Å². The van der Waals surface area contributed by atoms with Crippen molar-refractivity contribution in [2.75, 3.05) is 13.1 Å². The SMILES string of the molecule is CCC1CCCN(CC(C)C)C1=O. The minimum atomic E-state index is 0.312. The monoisotopic (exact) mass is 183 g/mol. The Hall–Kier alpha value is -0.530. The molecule has 0 bridgehead atoms. The number of amides is 1. The smallest absolute Gasteiger partial charge is 0.225 e. The first-order valence-corrected chi connectivity index (χ1v) is 5.44. The summed E-state index contributed by atoms with van der Waals surface area (Å²) < 4.78 is 0. The fourth-order valence-electron chi connectivity index (χ4n) is 2.02. The van der Waals surface area contributed by atoms with Gasteiger partial charge in [0.25, 0.3) is 0 Å². The summed E-state index contributed by atoms with van der Waals surface area (Å²) in [4.78, 5) is 13.9. The van der Waals surface area contributed by atoms with E-state index in [9.17, 15) is 4.79 Å². The first-order valence-electron chi connectivity index (χ1n) is 5.44. The van der Waals surface area contributed by atoms with Gasteiger partial charge >= 0.3 is 0 Å². The number of hydrogen-bond donors (Lipinski definition) is 0. The highest BCUT2D eigenvalue weighted by Crippen LogP contribution is 2.21. The lowest BCUT2D eigenvalue weighted by molar-refractivity contribution is -0.139. The molecule has 1 aliphatic heterocycles. The predicted octanol–water partition coefficient (Wildman–Crippen LogP) is 2.29. The summed E-state index contributed by atoms with van der Waals surface area (Å²) in [7, 11) is 0. The zero-order chi connectivity index (χ0) is 9.84. The molecular weight excluding hydrogens is 162 g/mol. The Morgan fingerprint density at radius 1 is 1.54 bits per heavy atom. The summed E-state index contributed by atoms with van der Waals surface area (Å²) in [5.41, 5.74) is 0. The normalized spacial score (nSPS) is 24.2. The van der Waals surface area contributed by atoms with Gasteiger partial charge in [0.05, 0.1) is 0 Å². The average Bonchev–Trinajstić information content (AvgIpc) is 2.08. The first-order chi connectivity index (χ1) is 6.15. The van der Waals surface area contributed by atoms with Gasteiger partial charge in [-0.2, -0.15) is 0 Å². The molecule has 1 amide bonds. The molecule has 0 aromatic heterocycles. The van der Waals surface area contributed by atoms with Gasteiger partial charge in [0.15, 0.2) is 0 Å². The lowest BCUT2D eigenvalue weighted by atomic mass is 9.94. The van der Waals surface area contributed by atoms with Crippen molar-refractivity contribution in [3.8, 4) is 0 Å². The molecule has 1 atom stereocenters. The number of carbonyl (C=O) groups excluding carboxylic acids is 1. The van der Waals surface area contributed by atoms with Crippen molar-refractivity contribution in [1.29, 1.82) is 0 Å². The standard InChI is InChI=1S/C11H21NO/c1-4-10-6-5-7-12(11(10)13)8-9(2)3/h9-10H,4-8H2,1-3H3. The maximum atomic E-state index is 11.8. The van der Waals surface area contributed by atoms with Crippen LogP contribution in [0.15, 0.2) is 0 Å². The number of nitrogens with zero attached hydrogens (tertiary/aromatic N) is 1. The molecule has 1 aliphatic rings. The predicted molar refractivity (Wildman–Crippen MR) is 54.4 cm³/mol. The molecule has 2 nitrogen and oxygen atoms in total. The van der Waals surface area contributed by atoms with Crippen molar-refractivity contribution >= 4 is 5.91 Å². The van der Waals surface area contributed by atoms with Crippen LogP contribution in [0, 0.1) is 11.8 Å². The van der Waals surface area contributed by atoms with Gasteiger partial charge in [-0.3, -0.25) is 4.79 Å². The molecule has 76 valence electrons. The summed E-state index contributed by atoms with van der Waals surface area (Å²) in [6.07, 6.45) is 3.30.